The first-order valence-electron chi connectivity index (χ1n) is 7.09. The molecule has 0 unspecified atom stereocenters. The van der Waals surface area contributed by atoms with Gasteiger partial charge in [-0.1, -0.05) is 0 Å². The van der Waals surface area contributed by atoms with E-state index >= 15 is 0 Å². The Labute approximate surface area is 143 Å². The largest absolute Gasteiger partial charge is 0.366 e. The number of carbonyl (C=O) groups excluding carboxylic acids is 3. The number of amides is 3. The second-order valence-electron chi connectivity index (χ2n) is 5.38. The van der Waals surface area contributed by atoms with Gasteiger partial charge < -0.3 is 16.8 Å². The van der Waals surface area contributed by atoms with Gasteiger partial charge >= 0.3 is 0 Å². The van der Waals surface area contributed by atoms with Crippen LogP contribution in [0.15, 0.2) is 35.0 Å². The molecule has 0 aliphatic rings. The number of thiophene rings is 1. The van der Waals surface area contributed by atoms with Gasteiger partial charge in [-0.05, 0) is 47.6 Å². The van der Waals surface area contributed by atoms with E-state index in [0.29, 0.717) is 12.2 Å². The predicted molar refractivity (Wildman–Crippen MR) is 92.8 cm³/mol. The standard InChI is InChI=1S/C16H18N4O3S/c1-20(7-10-2-3-24-9-10)8-14(21)19-13-5-11(15(17)22)4-12(6-13)16(18)23/h2-6,9H,7-8H2,1H3,(H2,17,22)(H2,18,23)(H,19,21). The van der Waals surface area contributed by atoms with Gasteiger partial charge in [0.15, 0.2) is 0 Å². The van der Waals surface area contributed by atoms with Crippen LogP contribution >= 0.6 is 11.3 Å². The summed E-state index contributed by atoms with van der Waals surface area (Å²) in [6.07, 6.45) is 0. The first-order chi connectivity index (χ1) is 11.3. The predicted octanol–water partition coefficient (Wildman–Crippen LogP) is 1.02. The lowest BCUT2D eigenvalue weighted by atomic mass is 10.1. The summed E-state index contributed by atoms with van der Waals surface area (Å²) in [7, 11) is 1.83. The molecule has 2 aromatic rings. The fraction of sp³-hybridized carbons (Fsp3) is 0.188. The number of hydrogen-bond acceptors (Lipinski definition) is 5. The van der Waals surface area contributed by atoms with Crippen LogP contribution in [0.1, 0.15) is 26.3 Å². The van der Waals surface area contributed by atoms with E-state index in [0.717, 1.165) is 5.56 Å². The maximum absolute atomic E-state index is 12.1. The lowest BCUT2D eigenvalue weighted by Gasteiger charge is -2.16. The van der Waals surface area contributed by atoms with Crippen molar-refractivity contribution in [2.75, 3.05) is 18.9 Å². The number of hydrogen-bond donors (Lipinski definition) is 3. The Morgan fingerprint density at radius 2 is 1.75 bits per heavy atom. The van der Waals surface area contributed by atoms with Crippen molar-refractivity contribution in [2.45, 2.75) is 6.54 Å². The number of nitrogens with two attached hydrogens (primary N) is 2. The summed E-state index contributed by atoms with van der Waals surface area (Å²) in [4.78, 5) is 36.6. The van der Waals surface area contributed by atoms with E-state index in [1.165, 1.54) is 18.2 Å². The van der Waals surface area contributed by atoms with Crippen LogP contribution in [0.5, 0.6) is 0 Å². The van der Waals surface area contributed by atoms with Crippen molar-refractivity contribution < 1.29 is 14.4 Å². The fourth-order valence-electron chi connectivity index (χ4n) is 2.18. The van der Waals surface area contributed by atoms with Crippen molar-refractivity contribution in [3.63, 3.8) is 0 Å². The molecule has 1 heterocycles. The summed E-state index contributed by atoms with van der Waals surface area (Å²) in [6.45, 7) is 0.799. The minimum atomic E-state index is -0.705. The summed E-state index contributed by atoms with van der Waals surface area (Å²) in [6, 6.07) is 6.11. The highest BCUT2D eigenvalue weighted by Crippen LogP contribution is 2.15. The second-order valence-corrected chi connectivity index (χ2v) is 6.16. The van der Waals surface area contributed by atoms with Gasteiger partial charge in [-0.2, -0.15) is 11.3 Å². The molecule has 1 aromatic heterocycles. The SMILES string of the molecule is CN(CC(=O)Nc1cc(C(N)=O)cc(C(N)=O)c1)Cc1ccsc1. The lowest BCUT2D eigenvalue weighted by Crippen LogP contribution is -2.30. The van der Waals surface area contributed by atoms with E-state index in [-0.39, 0.29) is 23.6 Å². The first-order valence-corrected chi connectivity index (χ1v) is 8.03. The molecule has 0 aliphatic heterocycles. The Kier molecular flexibility index (Phi) is 5.67. The highest BCUT2D eigenvalue weighted by Gasteiger charge is 2.12. The Morgan fingerprint density at radius 3 is 2.25 bits per heavy atom. The summed E-state index contributed by atoms with van der Waals surface area (Å²) in [5.74, 6) is -1.68. The molecule has 2 rings (SSSR count). The molecule has 24 heavy (non-hydrogen) atoms. The molecule has 0 fully saturated rings. The van der Waals surface area contributed by atoms with E-state index < -0.39 is 11.8 Å². The summed E-state index contributed by atoms with van der Waals surface area (Å²) >= 11 is 1.60. The topological polar surface area (TPSA) is 119 Å². The van der Waals surface area contributed by atoms with Gasteiger partial charge in [-0.15, -0.1) is 0 Å². The summed E-state index contributed by atoms with van der Waals surface area (Å²) in [5, 5.41) is 6.64. The lowest BCUT2D eigenvalue weighted by molar-refractivity contribution is -0.117. The minimum Gasteiger partial charge on any atom is -0.366 e. The highest BCUT2D eigenvalue weighted by atomic mass is 32.1. The Bertz CT molecular complexity index is 726. The smallest absolute Gasteiger partial charge is 0.248 e. The molecule has 5 N–H and O–H groups in total. The maximum atomic E-state index is 12.1. The van der Waals surface area contributed by atoms with Gasteiger partial charge in [0.2, 0.25) is 17.7 Å². The third-order valence-electron chi connectivity index (χ3n) is 3.23. The summed E-state index contributed by atoms with van der Waals surface area (Å²) in [5.41, 5.74) is 12.1. The average Bonchev–Trinajstić information content (AvgIpc) is 2.99. The van der Waals surface area contributed by atoms with Gasteiger partial charge in [0.05, 0.1) is 6.54 Å². The zero-order valence-electron chi connectivity index (χ0n) is 13.1. The first kappa shape index (κ1) is 17.6. The molecule has 126 valence electrons. The quantitative estimate of drug-likeness (QED) is 0.693. The average molecular weight is 346 g/mol. The van der Waals surface area contributed by atoms with E-state index in [9.17, 15) is 14.4 Å². The molecule has 1 aromatic carbocycles. The highest BCUT2D eigenvalue weighted by molar-refractivity contribution is 7.07. The normalized spacial score (nSPS) is 10.6. The number of nitrogens with zero attached hydrogens (tertiary/aromatic N) is 1. The van der Waals surface area contributed by atoms with Crippen LogP contribution in [-0.4, -0.2) is 36.2 Å². The monoisotopic (exact) mass is 346 g/mol. The number of anilines is 1. The molecule has 3 amide bonds. The van der Waals surface area contributed by atoms with Crippen LogP contribution < -0.4 is 16.8 Å². The fourth-order valence-corrected chi connectivity index (χ4v) is 2.84. The van der Waals surface area contributed by atoms with Crippen LogP contribution in [0.4, 0.5) is 5.69 Å². The van der Waals surface area contributed by atoms with Crippen molar-refractivity contribution in [2.24, 2.45) is 11.5 Å². The zero-order chi connectivity index (χ0) is 17.7. The number of likely N-dealkylation sites (N-methyl/N-ethyl adjacent to an activating group) is 1. The van der Waals surface area contributed by atoms with Gasteiger partial charge in [0, 0.05) is 23.4 Å². The second kappa shape index (κ2) is 7.71. The molecule has 7 nitrogen and oxygen atoms in total. The molecule has 0 bridgehead atoms. The molecule has 0 saturated carbocycles. The number of rotatable bonds is 7. The van der Waals surface area contributed by atoms with Gasteiger partial charge in [0.1, 0.15) is 0 Å². The zero-order valence-corrected chi connectivity index (χ0v) is 13.9. The minimum absolute atomic E-state index is 0.105. The van der Waals surface area contributed by atoms with Crippen LogP contribution in [0.2, 0.25) is 0 Å². The molecule has 8 heteroatoms. The third kappa shape index (κ3) is 4.90. The van der Waals surface area contributed by atoms with E-state index in [1.807, 2.05) is 28.8 Å². The number of benzene rings is 1. The van der Waals surface area contributed by atoms with Crippen molar-refractivity contribution in [3.8, 4) is 0 Å². The van der Waals surface area contributed by atoms with E-state index in [2.05, 4.69) is 5.32 Å². The molecule has 0 spiro atoms. The molecule has 0 saturated heterocycles. The number of nitrogens with one attached hydrogen (secondary N) is 1. The van der Waals surface area contributed by atoms with Gasteiger partial charge in [0.25, 0.3) is 0 Å². The van der Waals surface area contributed by atoms with Crippen molar-refractivity contribution in [1.29, 1.82) is 0 Å². The third-order valence-corrected chi connectivity index (χ3v) is 3.96. The Balaban J connectivity index is 2.05. The Morgan fingerprint density at radius 1 is 1.12 bits per heavy atom. The van der Waals surface area contributed by atoms with Gasteiger partial charge in [-0.25, -0.2) is 0 Å². The van der Waals surface area contributed by atoms with E-state index in [1.54, 1.807) is 11.3 Å². The number of carbonyl (C=O) groups is 3. The van der Waals surface area contributed by atoms with Crippen LogP contribution in [0, 0.1) is 0 Å². The Hall–Kier alpha value is -2.71. The molecular formula is C16H18N4O3S. The molecular weight excluding hydrogens is 328 g/mol. The summed E-state index contributed by atoms with van der Waals surface area (Å²) < 4.78 is 0. The van der Waals surface area contributed by atoms with Crippen LogP contribution in [0.3, 0.4) is 0 Å². The van der Waals surface area contributed by atoms with Crippen LogP contribution in [0.25, 0.3) is 0 Å². The number of primary amides is 2. The van der Waals surface area contributed by atoms with Gasteiger partial charge in [-0.3, -0.25) is 19.3 Å². The van der Waals surface area contributed by atoms with Crippen molar-refractivity contribution in [1.82, 2.24) is 4.90 Å². The van der Waals surface area contributed by atoms with Crippen LogP contribution in [-0.2, 0) is 11.3 Å². The van der Waals surface area contributed by atoms with Crippen molar-refractivity contribution >= 4 is 34.7 Å². The maximum Gasteiger partial charge on any atom is 0.248 e. The molecule has 0 radical (unpaired) electrons. The van der Waals surface area contributed by atoms with E-state index in [4.69, 9.17) is 11.5 Å². The molecule has 0 aliphatic carbocycles. The van der Waals surface area contributed by atoms with Crippen molar-refractivity contribution in [3.05, 3.63) is 51.7 Å². The molecule has 0 atom stereocenters.